The van der Waals surface area contributed by atoms with Crippen molar-refractivity contribution >= 4 is 5.91 Å². The van der Waals surface area contributed by atoms with E-state index in [-0.39, 0.29) is 18.7 Å². The third kappa shape index (κ3) is 4.11. The second-order valence-corrected chi connectivity index (χ2v) is 7.55. The molecule has 2 unspecified atom stereocenters. The molecule has 1 fully saturated rings. The van der Waals surface area contributed by atoms with Crippen LogP contribution in [-0.2, 0) is 24.4 Å². The average molecular weight is 402 g/mol. The first-order valence-electron chi connectivity index (χ1n) is 9.95. The van der Waals surface area contributed by atoms with E-state index in [0.717, 1.165) is 34.7 Å². The van der Waals surface area contributed by atoms with Crippen LogP contribution in [0.5, 0.6) is 11.5 Å². The number of rotatable bonds is 7. The molecule has 7 nitrogen and oxygen atoms in total. The molecule has 0 spiro atoms. The van der Waals surface area contributed by atoms with Crippen LogP contribution in [0.4, 0.5) is 0 Å². The first kappa shape index (κ1) is 18.6. The highest BCUT2D eigenvalue weighted by Crippen LogP contribution is 2.34. The van der Waals surface area contributed by atoms with Crippen molar-refractivity contribution in [2.75, 3.05) is 13.3 Å². The number of amides is 1. The van der Waals surface area contributed by atoms with Gasteiger partial charge in [0.2, 0.25) is 12.7 Å². The van der Waals surface area contributed by atoms with Crippen LogP contribution in [0.2, 0.25) is 0 Å². The zero-order valence-electron chi connectivity index (χ0n) is 16.5. The molecule has 0 N–H and O–H groups in total. The lowest BCUT2D eigenvalue weighted by atomic mass is 10.2. The Morgan fingerprint density at radius 3 is 2.33 bits per heavy atom. The molecular weight excluding hydrogens is 380 g/mol. The largest absolute Gasteiger partial charge is 0.454 e. The van der Waals surface area contributed by atoms with Crippen LogP contribution in [0.1, 0.15) is 16.7 Å². The third-order valence-corrected chi connectivity index (χ3v) is 5.33. The Bertz CT molecular complexity index is 988. The summed E-state index contributed by atoms with van der Waals surface area (Å²) < 4.78 is 10.8. The van der Waals surface area contributed by atoms with Gasteiger partial charge in [-0.3, -0.25) is 19.7 Å². The maximum Gasteiger partial charge on any atom is 0.241 e. The van der Waals surface area contributed by atoms with Crippen molar-refractivity contribution < 1.29 is 14.3 Å². The molecule has 0 saturated carbocycles. The fraction of sp³-hybridized carbons (Fsp3) is 0.261. The Labute approximate surface area is 174 Å². The Morgan fingerprint density at radius 1 is 0.967 bits per heavy atom. The van der Waals surface area contributed by atoms with Crippen LogP contribution >= 0.6 is 0 Å². The maximum atomic E-state index is 13.3. The zero-order valence-corrected chi connectivity index (χ0v) is 16.5. The van der Waals surface area contributed by atoms with Crippen LogP contribution < -0.4 is 9.47 Å². The summed E-state index contributed by atoms with van der Waals surface area (Å²) in [6.45, 7) is 2.78. The number of aromatic nitrogens is 2. The van der Waals surface area contributed by atoms with Gasteiger partial charge in [-0.1, -0.05) is 18.2 Å². The fourth-order valence-corrected chi connectivity index (χ4v) is 3.70. The summed E-state index contributed by atoms with van der Waals surface area (Å²) in [5.74, 6) is 1.67. The number of ether oxygens (including phenoxy) is 2. The van der Waals surface area contributed by atoms with E-state index in [1.165, 1.54) is 0 Å². The normalized spacial score (nSPS) is 18.8. The minimum atomic E-state index is -0.108. The topological polar surface area (TPSA) is 67.6 Å². The molecule has 1 amide bonds. The molecule has 2 aromatic heterocycles. The fourth-order valence-electron chi connectivity index (χ4n) is 3.70. The molecule has 4 heterocycles. The first-order chi connectivity index (χ1) is 14.8. The summed E-state index contributed by atoms with van der Waals surface area (Å²) in [6, 6.07) is 13.6. The van der Waals surface area contributed by atoms with E-state index >= 15 is 0 Å². The van der Waals surface area contributed by atoms with Gasteiger partial charge in [0.05, 0.1) is 0 Å². The number of hydrogen-bond acceptors (Lipinski definition) is 6. The molecule has 152 valence electrons. The molecule has 2 atom stereocenters. The van der Waals surface area contributed by atoms with Gasteiger partial charge in [0.1, 0.15) is 6.04 Å². The van der Waals surface area contributed by atoms with Crippen LogP contribution in [0.15, 0.2) is 67.3 Å². The Hall–Kier alpha value is -3.45. The number of carbonyl (C=O) groups is 1. The highest BCUT2D eigenvalue weighted by molar-refractivity contribution is 5.84. The van der Waals surface area contributed by atoms with Crippen molar-refractivity contribution in [3.63, 3.8) is 0 Å². The molecule has 30 heavy (non-hydrogen) atoms. The van der Waals surface area contributed by atoms with Crippen molar-refractivity contribution in [2.45, 2.75) is 25.7 Å². The molecule has 3 aromatic rings. The smallest absolute Gasteiger partial charge is 0.241 e. The van der Waals surface area contributed by atoms with Gasteiger partial charge in [-0.15, -0.1) is 0 Å². The van der Waals surface area contributed by atoms with Crippen molar-refractivity contribution in [1.29, 1.82) is 0 Å². The Balaban J connectivity index is 1.27. The van der Waals surface area contributed by atoms with E-state index in [4.69, 9.17) is 9.47 Å². The van der Waals surface area contributed by atoms with Gasteiger partial charge >= 0.3 is 0 Å². The van der Waals surface area contributed by atoms with E-state index in [1.54, 1.807) is 24.8 Å². The lowest BCUT2D eigenvalue weighted by molar-refractivity contribution is -0.132. The predicted octanol–water partition coefficient (Wildman–Crippen LogP) is 2.62. The summed E-state index contributed by atoms with van der Waals surface area (Å²) >= 11 is 0. The molecule has 2 aliphatic heterocycles. The highest BCUT2D eigenvalue weighted by atomic mass is 16.7. The lowest BCUT2D eigenvalue weighted by Gasteiger charge is -2.23. The van der Waals surface area contributed by atoms with Crippen molar-refractivity contribution in [3.8, 4) is 11.5 Å². The van der Waals surface area contributed by atoms with Gasteiger partial charge in [0.25, 0.3) is 0 Å². The number of fused-ring (bicyclic) bond motifs is 1. The van der Waals surface area contributed by atoms with Crippen LogP contribution in [0.3, 0.4) is 0 Å². The monoisotopic (exact) mass is 402 g/mol. The van der Waals surface area contributed by atoms with Gasteiger partial charge in [0, 0.05) is 51.0 Å². The zero-order chi connectivity index (χ0) is 20.3. The van der Waals surface area contributed by atoms with Crippen LogP contribution in [-0.4, -0.2) is 45.1 Å². The second kappa shape index (κ2) is 8.12. The van der Waals surface area contributed by atoms with Gasteiger partial charge < -0.3 is 14.4 Å². The minimum absolute atomic E-state index is 0.108. The van der Waals surface area contributed by atoms with Crippen molar-refractivity contribution in [2.24, 2.45) is 0 Å². The quantitative estimate of drug-likeness (QED) is 0.566. The van der Waals surface area contributed by atoms with E-state index in [1.807, 2.05) is 47.4 Å². The minimum Gasteiger partial charge on any atom is -0.454 e. The molecule has 5 rings (SSSR count). The van der Waals surface area contributed by atoms with Gasteiger partial charge in [-0.25, -0.2) is 0 Å². The van der Waals surface area contributed by atoms with Crippen LogP contribution in [0.25, 0.3) is 0 Å². The molecule has 2 aliphatic rings. The van der Waals surface area contributed by atoms with Gasteiger partial charge in [-0.2, -0.15) is 0 Å². The summed E-state index contributed by atoms with van der Waals surface area (Å²) in [7, 11) is 0. The number of hydrogen-bond donors (Lipinski definition) is 0. The molecule has 1 saturated heterocycles. The van der Waals surface area contributed by atoms with Gasteiger partial charge in [-0.05, 0) is 41.0 Å². The number of carbonyl (C=O) groups excluding carboxylic acids is 1. The van der Waals surface area contributed by atoms with Crippen LogP contribution in [0, 0.1) is 0 Å². The molecule has 0 radical (unpaired) electrons. The molecule has 7 heteroatoms. The number of benzene rings is 1. The Morgan fingerprint density at radius 2 is 1.67 bits per heavy atom. The Kier molecular flexibility index (Phi) is 5.03. The van der Waals surface area contributed by atoms with Gasteiger partial charge in [0.15, 0.2) is 11.5 Å². The standard InChI is InChI=1S/C23H22N4O3/c28-23(20-15-26(20)12-17-5-6-21-22(9-17)30-16-29-21)27(13-18-3-1-7-24-10-18)14-19-4-2-8-25-11-19/h1-11,20H,12-16H2. The highest BCUT2D eigenvalue weighted by Gasteiger charge is 2.42. The summed E-state index contributed by atoms with van der Waals surface area (Å²) in [4.78, 5) is 25.7. The van der Waals surface area contributed by atoms with E-state index in [2.05, 4.69) is 14.9 Å². The molecule has 0 aliphatic carbocycles. The summed E-state index contributed by atoms with van der Waals surface area (Å²) in [5.41, 5.74) is 3.14. The molecule has 0 bridgehead atoms. The lowest BCUT2D eigenvalue weighted by Crippen LogP contribution is -2.35. The summed E-state index contributed by atoms with van der Waals surface area (Å²) in [5, 5.41) is 0. The van der Waals surface area contributed by atoms with E-state index in [0.29, 0.717) is 19.6 Å². The van der Waals surface area contributed by atoms with Crippen molar-refractivity contribution in [1.82, 2.24) is 19.8 Å². The third-order valence-electron chi connectivity index (χ3n) is 5.33. The average Bonchev–Trinajstić information content (AvgIpc) is 3.38. The SMILES string of the molecule is O=C(C1CN1Cc1ccc2c(c1)OCO2)N(Cc1cccnc1)Cc1cccnc1. The summed E-state index contributed by atoms with van der Waals surface area (Å²) in [6.07, 6.45) is 7.09. The number of pyridine rings is 2. The second-order valence-electron chi connectivity index (χ2n) is 7.55. The first-order valence-corrected chi connectivity index (χ1v) is 9.95. The maximum absolute atomic E-state index is 13.3. The van der Waals surface area contributed by atoms with Crippen molar-refractivity contribution in [3.05, 3.63) is 83.9 Å². The van der Waals surface area contributed by atoms with E-state index < -0.39 is 0 Å². The number of nitrogens with zero attached hydrogens (tertiary/aromatic N) is 4. The molecule has 1 aromatic carbocycles. The van der Waals surface area contributed by atoms with E-state index in [9.17, 15) is 4.79 Å². The molecular formula is C23H22N4O3. The predicted molar refractivity (Wildman–Crippen MR) is 109 cm³/mol.